The third-order valence-electron chi connectivity index (χ3n) is 2.47. The molecular weight excluding hydrogens is 262 g/mol. The zero-order chi connectivity index (χ0) is 14.8. The number of hydrogen-bond donors (Lipinski definition) is 1. The molecule has 0 radical (unpaired) electrons. The summed E-state index contributed by atoms with van der Waals surface area (Å²) in [6, 6.07) is 8.09. The molecule has 1 N–H and O–H groups in total. The first-order chi connectivity index (χ1) is 9.69. The number of ether oxygens (including phenoxy) is 2. The van der Waals surface area contributed by atoms with Gasteiger partial charge in [0.1, 0.15) is 0 Å². The molecule has 0 spiro atoms. The van der Waals surface area contributed by atoms with Crippen molar-refractivity contribution in [3.63, 3.8) is 0 Å². The van der Waals surface area contributed by atoms with Gasteiger partial charge >= 0.3 is 5.97 Å². The highest BCUT2D eigenvalue weighted by molar-refractivity contribution is 5.76. The topological polar surface area (TPSA) is 105 Å². The van der Waals surface area contributed by atoms with Gasteiger partial charge in [-0.1, -0.05) is 35.4 Å². The molecule has 0 aromatic heterocycles. The Morgan fingerprint density at radius 2 is 2.15 bits per heavy atom. The maximum atomic E-state index is 11.5. The summed E-state index contributed by atoms with van der Waals surface area (Å²) in [5.41, 5.74) is 9.35. The van der Waals surface area contributed by atoms with Crippen LogP contribution in [0.5, 0.6) is 0 Å². The zero-order valence-corrected chi connectivity index (χ0v) is 11.2. The summed E-state index contributed by atoms with van der Waals surface area (Å²) >= 11 is 0. The summed E-state index contributed by atoms with van der Waals surface area (Å²) < 4.78 is 10.0. The Morgan fingerprint density at radius 3 is 2.75 bits per heavy atom. The second-order valence-corrected chi connectivity index (χ2v) is 3.97. The normalized spacial score (nSPS) is 13.1. The van der Waals surface area contributed by atoms with Crippen LogP contribution >= 0.6 is 0 Å². The fourth-order valence-electron chi connectivity index (χ4n) is 1.53. The molecule has 0 saturated carbocycles. The molecule has 7 nitrogen and oxygen atoms in total. The van der Waals surface area contributed by atoms with Crippen molar-refractivity contribution in [3.8, 4) is 0 Å². The predicted octanol–water partition coefficient (Wildman–Crippen LogP) is 1.81. The molecule has 0 saturated heterocycles. The first kappa shape index (κ1) is 16.0. The van der Waals surface area contributed by atoms with E-state index in [1.807, 2.05) is 30.3 Å². The number of aliphatic hydroxyl groups is 1. The molecule has 0 unspecified atom stereocenters. The van der Waals surface area contributed by atoms with E-state index in [0.29, 0.717) is 6.61 Å². The van der Waals surface area contributed by atoms with Gasteiger partial charge < -0.3 is 14.6 Å². The van der Waals surface area contributed by atoms with E-state index in [-0.39, 0.29) is 13.2 Å². The van der Waals surface area contributed by atoms with Crippen LogP contribution in [-0.2, 0) is 20.9 Å². The van der Waals surface area contributed by atoms with Gasteiger partial charge in [0.2, 0.25) is 0 Å². The molecule has 0 amide bonds. The molecule has 1 aromatic rings. The Balaban J connectivity index is 2.47. The minimum absolute atomic E-state index is 0.128. The van der Waals surface area contributed by atoms with Crippen molar-refractivity contribution in [2.24, 2.45) is 5.11 Å². The molecule has 0 aliphatic carbocycles. The molecule has 1 aromatic carbocycles. The quantitative estimate of drug-likeness (QED) is 0.339. The Labute approximate surface area is 116 Å². The van der Waals surface area contributed by atoms with Gasteiger partial charge in [0.15, 0.2) is 6.04 Å². The van der Waals surface area contributed by atoms with Gasteiger partial charge in [0, 0.05) is 4.91 Å². The summed E-state index contributed by atoms with van der Waals surface area (Å²) in [4.78, 5) is 14.0. The van der Waals surface area contributed by atoms with Crippen molar-refractivity contribution in [2.75, 3.05) is 13.2 Å². The highest BCUT2D eigenvalue weighted by Crippen LogP contribution is 2.06. The van der Waals surface area contributed by atoms with Crippen molar-refractivity contribution in [1.29, 1.82) is 0 Å². The SMILES string of the molecule is CCOC(=O)[C@@H](N=[N+]=[N-])[C@@H](O)COCc1ccccc1. The minimum atomic E-state index is -1.30. The fourth-order valence-corrected chi connectivity index (χ4v) is 1.53. The van der Waals surface area contributed by atoms with Gasteiger partial charge in [-0.05, 0) is 18.0 Å². The third-order valence-corrected chi connectivity index (χ3v) is 2.47. The Bertz CT molecular complexity index is 460. The van der Waals surface area contributed by atoms with E-state index in [9.17, 15) is 9.90 Å². The van der Waals surface area contributed by atoms with Gasteiger partial charge in [-0.3, -0.25) is 4.79 Å². The van der Waals surface area contributed by atoms with Crippen molar-refractivity contribution in [3.05, 3.63) is 46.3 Å². The molecule has 108 valence electrons. The Morgan fingerprint density at radius 1 is 1.45 bits per heavy atom. The average Bonchev–Trinajstić information content (AvgIpc) is 2.46. The average molecular weight is 279 g/mol. The van der Waals surface area contributed by atoms with Crippen LogP contribution in [0.3, 0.4) is 0 Å². The highest BCUT2D eigenvalue weighted by atomic mass is 16.5. The molecule has 0 aliphatic heterocycles. The molecule has 1 rings (SSSR count). The largest absolute Gasteiger partial charge is 0.466 e. The predicted molar refractivity (Wildman–Crippen MR) is 71.7 cm³/mol. The number of benzene rings is 1. The summed E-state index contributed by atoms with van der Waals surface area (Å²) in [6.45, 7) is 1.94. The fraction of sp³-hybridized carbons (Fsp3) is 0.462. The van der Waals surface area contributed by atoms with E-state index < -0.39 is 18.1 Å². The Kier molecular flexibility index (Phi) is 7.13. The number of carbonyl (C=O) groups excluding carboxylic acids is 1. The van der Waals surface area contributed by atoms with Crippen LogP contribution in [-0.4, -0.2) is 36.4 Å². The van der Waals surface area contributed by atoms with E-state index >= 15 is 0 Å². The number of azide groups is 1. The molecule has 0 heterocycles. The highest BCUT2D eigenvalue weighted by Gasteiger charge is 2.27. The van der Waals surface area contributed by atoms with Gasteiger partial charge in [-0.25, -0.2) is 0 Å². The van der Waals surface area contributed by atoms with E-state index in [1.165, 1.54) is 0 Å². The third kappa shape index (κ3) is 5.27. The van der Waals surface area contributed by atoms with Crippen LogP contribution in [0.1, 0.15) is 12.5 Å². The lowest BCUT2D eigenvalue weighted by Crippen LogP contribution is -2.36. The lowest BCUT2D eigenvalue weighted by molar-refractivity contribution is -0.148. The van der Waals surface area contributed by atoms with E-state index in [0.717, 1.165) is 5.56 Å². The van der Waals surface area contributed by atoms with Gasteiger partial charge in [-0.15, -0.1) is 0 Å². The van der Waals surface area contributed by atoms with Crippen molar-refractivity contribution >= 4 is 5.97 Å². The van der Waals surface area contributed by atoms with E-state index in [1.54, 1.807) is 6.92 Å². The first-order valence-electron chi connectivity index (χ1n) is 6.19. The van der Waals surface area contributed by atoms with E-state index in [2.05, 4.69) is 10.0 Å². The van der Waals surface area contributed by atoms with Gasteiger partial charge in [0.25, 0.3) is 0 Å². The van der Waals surface area contributed by atoms with Crippen molar-refractivity contribution in [1.82, 2.24) is 0 Å². The molecular formula is C13H17N3O4. The lowest BCUT2D eigenvalue weighted by Gasteiger charge is -2.17. The minimum Gasteiger partial charge on any atom is -0.466 e. The van der Waals surface area contributed by atoms with Gasteiger partial charge in [-0.2, -0.15) is 0 Å². The number of aliphatic hydroxyl groups excluding tert-OH is 1. The van der Waals surface area contributed by atoms with E-state index in [4.69, 9.17) is 15.0 Å². The zero-order valence-electron chi connectivity index (χ0n) is 11.2. The first-order valence-corrected chi connectivity index (χ1v) is 6.19. The summed E-state index contributed by atoms with van der Waals surface area (Å²) in [6.07, 6.45) is -1.24. The number of esters is 1. The number of rotatable bonds is 8. The summed E-state index contributed by atoms with van der Waals surface area (Å²) in [5.74, 6) is -0.763. The maximum Gasteiger partial charge on any atom is 0.317 e. The molecule has 0 aliphatic rings. The van der Waals surface area contributed by atoms with Crippen molar-refractivity contribution < 1.29 is 19.4 Å². The number of hydrogen-bond acceptors (Lipinski definition) is 5. The van der Waals surface area contributed by atoms with Crippen LogP contribution in [0.4, 0.5) is 0 Å². The maximum absolute atomic E-state index is 11.5. The smallest absolute Gasteiger partial charge is 0.317 e. The van der Waals surface area contributed by atoms with Crippen molar-refractivity contribution in [2.45, 2.75) is 25.7 Å². The van der Waals surface area contributed by atoms with Crippen LogP contribution in [0.15, 0.2) is 35.4 Å². The van der Waals surface area contributed by atoms with Crippen LogP contribution in [0.25, 0.3) is 10.4 Å². The molecule has 20 heavy (non-hydrogen) atoms. The second kappa shape index (κ2) is 8.92. The molecule has 7 heteroatoms. The monoisotopic (exact) mass is 279 g/mol. The van der Waals surface area contributed by atoms with Crippen LogP contribution in [0.2, 0.25) is 0 Å². The van der Waals surface area contributed by atoms with Gasteiger partial charge in [0.05, 0.1) is 25.9 Å². The van der Waals surface area contributed by atoms with Crippen LogP contribution < -0.4 is 0 Å². The number of carbonyl (C=O) groups is 1. The second-order valence-electron chi connectivity index (χ2n) is 3.97. The standard InChI is InChI=1S/C13H17N3O4/c1-2-20-13(18)12(15-16-14)11(17)9-19-8-10-6-4-3-5-7-10/h3-7,11-12,17H,2,8-9H2,1H3/t11-,12-/m0/s1. The summed E-state index contributed by atoms with van der Waals surface area (Å²) in [7, 11) is 0. The molecule has 0 fully saturated rings. The van der Waals surface area contributed by atoms with Crippen LogP contribution in [0, 0.1) is 0 Å². The lowest BCUT2D eigenvalue weighted by atomic mass is 10.2. The summed E-state index contributed by atoms with van der Waals surface area (Å²) in [5, 5.41) is 13.1. The molecule has 0 bridgehead atoms. The number of nitrogens with zero attached hydrogens (tertiary/aromatic N) is 3. The molecule has 2 atom stereocenters. The Hall–Kier alpha value is -2.08.